The van der Waals surface area contributed by atoms with E-state index < -0.39 is 0 Å². The lowest BCUT2D eigenvalue weighted by Crippen LogP contribution is -2.32. The lowest BCUT2D eigenvalue weighted by molar-refractivity contribution is 0.0929. The molecule has 4 aromatic rings. The van der Waals surface area contributed by atoms with Gasteiger partial charge in [-0.2, -0.15) is 5.10 Å². The molecule has 0 bridgehead atoms. The number of nitrogens with one attached hydrogen (secondary N) is 1. The number of carbonyl (C=O) groups is 1. The lowest BCUT2D eigenvalue weighted by Gasteiger charge is -2.14. The van der Waals surface area contributed by atoms with E-state index in [2.05, 4.69) is 10.4 Å². The molecule has 0 aliphatic rings. The molecule has 0 aliphatic carbocycles. The van der Waals surface area contributed by atoms with E-state index in [9.17, 15) is 9.59 Å². The van der Waals surface area contributed by atoms with Crippen molar-refractivity contribution >= 4 is 16.7 Å². The molecule has 4 rings (SSSR count). The molecule has 6 nitrogen and oxygen atoms in total. The van der Waals surface area contributed by atoms with E-state index in [1.54, 1.807) is 24.3 Å². The summed E-state index contributed by atoms with van der Waals surface area (Å²) >= 11 is 0. The van der Waals surface area contributed by atoms with E-state index in [0.717, 1.165) is 11.3 Å². The zero-order chi connectivity index (χ0) is 20.4. The Balaban J connectivity index is 1.73. The van der Waals surface area contributed by atoms with Crippen LogP contribution >= 0.6 is 0 Å². The smallest absolute Gasteiger partial charge is 0.274 e. The molecule has 1 unspecified atom stereocenters. The fourth-order valence-electron chi connectivity index (χ4n) is 3.29. The maximum absolute atomic E-state index is 13.0. The first kappa shape index (κ1) is 18.7. The van der Waals surface area contributed by atoms with Crippen molar-refractivity contribution in [2.45, 2.75) is 26.4 Å². The maximum atomic E-state index is 13.0. The summed E-state index contributed by atoms with van der Waals surface area (Å²) in [6.45, 7) is 3.99. The van der Waals surface area contributed by atoms with Crippen LogP contribution in [0.15, 0.2) is 75.9 Å². The number of aryl methyl sites for hydroxylation is 1. The third kappa shape index (κ3) is 3.82. The number of amides is 1. The molecule has 146 valence electrons. The van der Waals surface area contributed by atoms with Crippen LogP contribution in [0, 0.1) is 6.92 Å². The van der Waals surface area contributed by atoms with Gasteiger partial charge in [-0.1, -0.05) is 48.5 Å². The zero-order valence-electron chi connectivity index (χ0n) is 16.3. The van der Waals surface area contributed by atoms with Gasteiger partial charge in [0, 0.05) is 5.39 Å². The third-order valence-corrected chi connectivity index (χ3v) is 4.79. The fraction of sp³-hybridized carbons (Fsp3) is 0.174. The van der Waals surface area contributed by atoms with E-state index in [-0.39, 0.29) is 29.7 Å². The molecule has 0 saturated carbocycles. The van der Waals surface area contributed by atoms with Crippen LogP contribution in [0.5, 0.6) is 0 Å². The predicted molar refractivity (Wildman–Crippen MR) is 111 cm³/mol. The molecular weight excluding hydrogens is 366 g/mol. The highest BCUT2D eigenvalue weighted by atomic mass is 16.3. The first-order chi connectivity index (χ1) is 14.0. The average Bonchev–Trinajstić information content (AvgIpc) is 3.17. The molecule has 6 heteroatoms. The standard InChI is InChI=1S/C23H21N3O3/c1-15-12-13-20(29-15)16(2)24-22(27)21-18-10-6-7-11-19(18)23(28)26(25-21)14-17-8-4-3-5-9-17/h3-13,16H,14H2,1-2H3,(H,24,27). The molecule has 2 aromatic carbocycles. The van der Waals surface area contributed by atoms with Gasteiger partial charge in [-0.15, -0.1) is 0 Å². The highest BCUT2D eigenvalue weighted by molar-refractivity contribution is 6.04. The van der Waals surface area contributed by atoms with Crippen LogP contribution < -0.4 is 10.9 Å². The average molecular weight is 387 g/mol. The van der Waals surface area contributed by atoms with Crippen LogP contribution in [0.4, 0.5) is 0 Å². The molecule has 0 aliphatic heterocycles. The summed E-state index contributed by atoms with van der Waals surface area (Å²) in [5.41, 5.74) is 0.921. The quantitative estimate of drug-likeness (QED) is 0.564. The number of nitrogens with zero attached hydrogens (tertiary/aromatic N) is 2. The van der Waals surface area contributed by atoms with Crippen molar-refractivity contribution in [2.24, 2.45) is 0 Å². The largest absolute Gasteiger partial charge is 0.464 e. The van der Waals surface area contributed by atoms with E-state index in [4.69, 9.17) is 4.42 Å². The Morgan fingerprint density at radius 2 is 1.72 bits per heavy atom. The van der Waals surface area contributed by atoms with Gasteiger partial charge >= 0.3 is 0 Å². The molecule has 1 amide bonds. The Bertz CT molecular complexity index is 1230. The first-order valence-electron chi connectivity index (χ1n) is 9.44. The Kier molecular flexibility index (Phi) is 4.99. The van der Waals surface area contributed by atoms with E-state index in [1.807, 2.05) is 56.3 Å². The van der Waals surface area contributed by atoms with Crippen molar-refractivity contribution in [1.82, 2.24) is 15.1 Å². The molecule has 0 spiro atoms. The van der Waals surface area contributed by atoms with Crippen LogP contribution in [0.25, 0.3) is 10.8 Å². The van der Waals surface area contributed by atoms with Crippen LogP contribution in [0.3, 0.4) is 0 Å². The van der Waals surface area contributed by atoms with Gasteiger partial charge in [-0.3, -0.25) is 9.59 Å². The minimum atomic E-state index is -0.357. The van der Waals surface area contributed by atoms with Gasteiger partial charge < -0.3 is 9.73 Å². The summed E-state index contributed by atoms with van der Waals surface area (Å²) in [5, 5.41) is 8.32. The van der Waals surface area contributed by atoms with Gasteiger partial charge in [0.2, 0.25) is 0 Å². The topological polar surface area (TPSA) is 77.1 Å². The van der Waals surface area contributed by atoms with Crippen molar-refractivity contribution in [3.05, 3.63) is 99.9 Å². The summed E-state index contributed by atoms with van der Waals surface area (Å²) in [7, 11) is 0. The van der Waals surface area contributed by atoms with E-state index >= 15 is 0 Å². The number of carbonyl (C=O) groups excluding carboxylic acids is 1. The number of rotatable bonds is 5. The van der Waals surface area contributed by atoms with Gasteiger partial charge in [0.15, 0.2) is 5.69 Å². The third-order valence-electron chi connectivity index (χ3n) is 4.79. The van der Waals surface area contributed by atoms with E-state index in [0.29, 0.717) is 16.5 Å². The maximum Gasteiger partial charge on any atom is 0.274 e. The summed E-state index contributed by atoms with van der Waals surface area (Å²) in [6.07, 6.45) is 0. The molecule has 1 atom stereocenters. The number of furan rings is 1. The number of hydrogen-bond donors (Lipinski definition) is 1. The van der Waals surface area contributed by atoms with Crippen LogP contribution in [-0.4, -0.2) is 15.7 Å². The number of hydrogen-bond acceptors (Lipinski definition) is 4. The summed E-state index contributed by atoms with van der Waals surface area (Å²) < 4.78 is 6.94. The Morgan fingerprint density at radius 1 is 1.03 bits per heavy atom. The minimum Gasteiger partial charge on any atom is -0.464 e. The van der Waals surface area contributed by atoms with Gasteiger partial charge in [0.05, 0.1) is 18.0 Å². The number of benzene rings is 2. The molecule has 0 fully saturated rings. The zero-order valence-corrected chi connectivity index (χ0v) is 16.3. The van der Waals surface area contributed by atoms with Gasteiger partial charge in [-0.05, 0) is 37.6 Å². The Hall–Kier alpha value is -3.67. The molecule has 1 N–H and O–H groups in total. The van der Waals surface area contributed by atoms with Crippen molar-refractivity contribution in [3.63, 3.8) is 0 Å². The molecule has 2 aromatic heterocycles. The fourth-order valence-corrected chi connectivity index (χ4v) is 3.29. The molecule has 2 heterocycles. The Labute approximate surface area is 167 Å². The second kappa shape index (κ2) is 7.75. The van der Waals surface area contributed by atoms with Crippen molar-refractivity contribution in [1.29, 1.82) is 0 Å². The lowest BCUT2D eigenvalue weighted by atomic mass is 10.1. The molecule has 0 saturated heterocycles. The molecule has 29 heavy (non-hydrogen) atoms. The van der Waals surface area contributed by atoms with Crippen molar-refractivity contribution in [2.75, 3.05) is 0 Å². The second-order valence-corrected chi connectivity index (χ2v) is 6.99. The van der Waals surface area contributed by atoms with Crippen LogP contribution in [0.1, 0.15) is 40.5 Å². The summed E-state index contributed by atoms with van der Waals surface area (Å²) in [5.74, 6) is 1.09. The predicted octanol–water partition coefficient (Wildman–Crippen LogP) is 3.84. The molecule has 0 radical (unpaired) electrons. The second-order valence-electron chi connectivity index (χ2n) is 6.99. The highest BCUT2D eigenvalue weighted by Gasteiger charge is 2.20. The number of fused-ring (bicyclic) bond motifs is 1. The van der Waals surface area contributed by atoms with Crippen LogP contribution in [-0.2, 0) is 6.54 Å². The first-order valence-corrected chi connectivity index (χ1v) is 9.44. The highest BCUT2D eigenvalue weighted by Crippen LogP contribution is 2.18. The van der Waals surface area contributed by atoms with Gasteiger partial charge in [0.25, 0.3) is 11.5 Å². The molecular formula is C23H21N3O3. The van der Waals surface area contributed by atoms with Crippen molar-refractivity contribution in [3.8, 4) is 0 Å². The summed E-state index contributed by atoms with van der Waals surface area (Å²) in [6, 6.07) is 20.0. The summed E-state index contributed by atoms with van der Waals surface area (Å²) in [4.78, 5) is 25.9. The SMILES string of the molecule is Cc1ccc(C(C)NC(=O)c2nn(Cc3ccccc3)c(=O)c3ccccc23)o1. The monoisotopic (exact) mass is 387 g/mol. The Morgan fingerprint density at radius 3 is 2.41 bits per heavy atom. The normalized spacial score (nSPS) is 12.1. The minimum absolute atomic E-state index is 0.214. The van der Waals surface area contributed by atoms with Crippen LogP contribution in [0.2, 0.25) is 0 Å². The number of aromatic nitrogens is 2. The van der Waals surface area contributed by atoms with Gasteiger partial charge in [0.1, 0.15) is 11.5 Å². The van der Waals surface area contributed by atoms with Gasteiger partial charge in [-0.25, -0.2) is 4.68 Å². The van der Waals surface area contributed by atoms with Crippen molar-refractivity contribution < 1.29 is 9.21 Å². The van der Waals surface area contributed by atoms with E-state index in [1.165, 1.54) is 4.68 Å².